The second-order valence-electron chi connectivity index (χ2n) is 7.84. The number of amides is 1. The third-order valence-electron chi connectivity index (χ3n) is 5.28. The van der Waals surface area contributed by atoms with Crippen molar-refractivity contribution in [3.05, 3.63) is 0 Å². The average molecular weight is 630 g/mol. The SMILES string of the molecule is CC/[N+](C(=O)OC)=C(\N=C1\C(C)(C)[C@H]2CC[C@]1(C)C2)OC.[Cl][Sb-]([Cl])([Cl])([Cl])([Cl])[Cl]. The summed E-state index contributed by atoms with van der Waals surface area (Å²) in [5.74, 6) is 0.674. The number of aliphatic imine (C=N–C) groups is 1. The van der Waals surface area contributed by atoms with Crippen molar-refractivity contribution in [3.8, 4) is 0 Å². The maximum absolute atomic E-state index is 11.9. The molecule has 2 saturated carbocycles. The molecule has 0 aromatic rings. The number of nitrogens with zero attached hydrogens (tertiary/aromatic N) is 2. The zero-order valence-corrected chi connectivity index (χ0v) is 23.8. The van der Waals surface area contributed by atoms with Crippen LogP contribution in [0, 0.1) is 16.7 Å². The molecule has 0 N–H and O–H groups in total. The minimum atomic E-state index is -5.42. The van der Waals surface area contributed by atoms with Crippen LogP contribution in [0.1, 0.15) is 47.0 Å². The summed E-state index contributed by atoms with van der Waals surface area (Å²) in [6, 6.07) is 0.334. The summed E-state index contributed by atoms with van der Waals surface area (Å²) in [6.07, 6.45) is 3.17. The number of hydrogen-bond donors (Lipinski definition) is 0. The normalized spacial score (nSPS) is 30.6. The molecule has 2 fully saturated rings. The third-order valence-corrected chi connectivity index (χ3v) is 5.28. The Morgan fingerprint density at radius 1 is 1.14 bits per heavy atom. The van der Waals surface area contributed by atoms with Gasteiger partial charge in [0.2, 0.25) is 0 Å². The summed E-state index contributed by atoms with van der Waals surface area (Å²) in [4.78, 5) is 16.6. The Bertz CT molecular complexity index is 685. The molecule has 0 aromatic heterocycles. The first-order chi connectivity index (χ1) is 12.2. The Balaban J connectivity index is 0.000000480. The Morgan fingerprint density at radius 2 is 1.64 bits per heavy atom. The molecule has 0 spiro atoms. The van der Waals surface area contributed by atoms with Crippen LogP contribution < -0.4 is 0 Å². The fourth-order valence-corrected chi connectivity index (χ4v) is 4.09. The zero-order valence-electron chi connectivity index (χ0n) is 16.7. The van der Waals surface area contributed by atoms with Gasteiger partial charge in [0.25, 0.3) is 0 Å². The van der Waals surface area contributed by atoms with Crippen molar-refractivity contribution >= 4 is 79.9 Å². The Labute approximate surface area is 186 Å². The molecule has 2 aliphatic carbocycles. The number of fused-ring (bicyclic) bond motifs is 2. The van der Waals surface area contributed by atoms with E-state index in [9.17, 15) is 4.79 Å². The summed E-state index contributed by atoms with van der Waals surface area (Å²) >= 11 is 0. The molecule has 0 aliphatic heterocycles. The number of amidine groups is 1. The van der Waals surface area contributed by atoms with Crippen LogP contribution in [-0.4, -0.2) is 52.3 Å². The second-order valence-corrected chi connectivity index (χ2v) is 64.7. The molecule has 0 unspecified atom stereocenters. The van der Waals surface area contributed by atoms with Crippen molar-refractivity contribution < 1.29 is 18.8 Å². The van der Waals surface area contributed by atoms with E-state index in [1.807, 2.05) is 6.92 Å². The van der Waals surface area contributed by atoms with Crippen molar-refractivity contribution in [2.75, 3.05) is 20.8 Å². The van der Waals surface area contributed by atoms with E-state index in [2.05, 4.69) is 20.8 Å². The van der Waals surface area contributed by atoms with Crippen LogP contribution in [0.25, 0.3) is 0 Å². The van der Waals surface area contributed by atoms with Gasteiger partial charge in [0.15, 0.2) is 0 Å². The van der Waals surface area contributed by atoms with E-state index in [4.69, 9.17) is 67.4 Å². The number of halogens is 6. The summed E-state index contributed by atoms with van der Waals surface area (Å²) < 4.78 is 11.6. The van der Waals surface area contributed by atoms with Gasteiger partial charge in [0.1, 0.15) is 5.71 Å². The predicted molar refractivity (Wildman–Crippen MR) is 123 cm³/mol. The molecule has 1 amide bonds. The molecular formula is C16H27Cl6N2O3Sb. The Kier molecular flexibility index (Phi) is 8.03. The van der Waals surface area contributed by atoms with Crippen LogP contribution in [-0.2, 0) is 9.47 Å². The first-order valence-corrected chi connectivity index (χ1v) is 28.1. The fourth-order valence-electron chi connectivity index (χ4n) is 4.09. The van der Waals surface area contributed by atoms with Crippen LogP contribution in [0.5, 0.6) is 0 Å². The monoisotopic (exact) mass is 626 g/mol. The van der Waals surface area contributed by atoms with Crippen molar-refractivity contribution in [2.45, 2.75) is 47.0 Å². The minimum absolute atomic E-state index is 0.0618. The Hall–Kier alpha value is 1.17. The van der Waals surface area contributed by atoms with E-state index in [0.29, 0.717) is 18.5 Å². The van der Waals surface area contributed by atoms with Crippen molar-refractivity contribution in [3.63, 3.8) is 0 Å². The molecule has 0 heterocycles. The van der Waals surface area contributed by atoms with Gasteiger partial charge in [-0.3, -0.25) is 0 Å². The fraction of sp³-hybridized carbons (Fsp3) is 0.812. The van der Waals surface area contributed by atoms with E-state index in [1.165, 1.54) is 30.9 Å². The number of carbonyl (C=O) groups is 1. The van der Waals surface area contributed by atoms with Crippen LogP contribution in [0.4, 0.5) is 4.79 Å². The molecule has 2 rings (SSSR count). The first kappa shape index (κ1) is 27.2. The van der Waals surface area contributed by atoms with Gasteiger partial charge in [-0.15, -0.1) is 4.58 Å². The maximum atomic E-state index is 11.9. The molecule has 166 valence electrons. The molecule has 2 aliphatic rings. The van der Waals surface area contributed by atoms with Gasteiger partial charge in [0, 0.05) is 10.8 Å². The van der Waals surface area contributed by atoms with E-state index >= 15 is 0 Å². The summed E-state index contributed by atoms with van der Waals surface area (Å²) in [6.45, 7) is 9.13. The molecule has 28 heavy (non-hydrogen) atoms. The molecule has 0 radical (unpaired) electrons. The number of ether oxygens (including phenoxy) is 2. The number of hydrogen-bond acceptors (Lipinski definition) is 3. The molecule has 0 aromatic carbocycles. The summed E-state index contributed by atoms with van der Waals surface area (Å²) in [5, 5.41) is 0. The molecule has 2 bridgehead atoms. The van der Waals surface area contributed by atoms with Gasteiger partial charge in [-0.2, -0.15) is 4.79 Å². The van der Waals surface area contributed by atoms with E-state index in [1.54, 1.807) is 7.11 Å². The quantitative estimate of drug-likeness (QED) is 0.138. The first-order valence-electron chi connectivity index (χ1n) is 8.67. The predicted octanol–water partition coefficient (Wildman–Crippen LogP) is 6.83. The van der Waals surface area contributed by atoms with Crippen LogP contribution in [0.3, 0.4) is 0 Å². The molecule has 5 nitrogen and oxygen atoms in total. The van der Waals surface area contributed by atoms with Crippen molar-refractivity contribution in [2.24, 2.45) is 21.7 Å². The number of methoxy groups -OCH3 is 2. The molecular weight excluding hydrogens is 603 g/mol. The number of rotatable bonds is 1. The molecule has 0 saturated heterocycles. The Morgan fingerprint density at radius 3 is 1.96 bits per heavy atom. The topological polar surface area (TPSA) is 50.9 Å². The van der Waals surface area contributed by atoms with Crippen LogP contribution in [0.2, 0.25) is 0 Å². The standard InChI is InChI=1S/C16H27N2O3.6ClH.Sb/c1-7-18(14(19)21-6)13(20-5)17-12-15(2,3)11-8-9-16(12,4)10-11;;;;;;;/h11H,7-10H2,1-6H3;6*1H;/q+1;;;;;;;+5/p-6/t11-,16+;;;;;;;/m0......./s1. The van der Waals surface area contributed by atoms with Crippen LogP contribution >= 0.6 is 53.0 Å². The molecule has 2 atom stereocenters. The second kappa shape index (κ2) is 8.26. The van der Waals surface area contributed by atoms with Gasteiger partial charge >= 0.3 is 74.2 Å². The van der Waals surface area contributed by atoms with Crippen LogP contribution in [0.15, 0.2) is 4.99 Å². The van der Waals surface area contributed by atoms with E-state index in [-0.39, 0.29) is 10.8 Å². The number of carbonyl (C=O) groups excluding carboxylic acids is 1. The van der Waals surface area contributed by atoms with Gasteiger partial charge in [-0.1, -0.05) is 20.8 Å². The summed E-state index contributed by atoms with van der Waals surface area (Å²) in [7, 11) is 27.9. The van der Waals surface area contributed by atoms with Crippen molar-refractivity contribution in [1.82, 2.24) is 0 Å². The van der Waals surface area contributed by atoms with Gasteiger partial charge in [-0.25, -0.2) is 0 Å². The molecule has 12 heteroatoms. The van der Waals surface area contributed by atoms with Crippen molar-refractivity contribution in [1.29, 1.82) is 0 Å². The average Bonchev–Trinajstić information content (AvgIpc) is 2.97. The van der Waals surface area contributed by atoms with Gasteiger partial charge in [0.05, 0.1) is 20.8 Å². The zero-order chi connectivity index (χ0) is 22.2. The van der Waals surface area contributed by atoms with Gasteiger partial charge < -0.3 is 9.47 Å². The van der Waals surface area contributed by atoms with E-state index in [0.717, 1.165) is 5.71 Å². The summed E-state index contributed by atoms with van der Waals surface area (Å²) in [5.41, 5.74) is 1.35. The van der Waals surface area contributed by atoms with Gasteiger partial charge in [-0.05, 0) is 37.1 Å². The third kappa shape index (κ3) is 8.02. The van der Waals surface area contributed by atoms with E-state index < -0.39 is 15.2 Å².